The molecular formula is C6H15NO4. The van der Waals surface area contributed by atoms with Gasteiger partial charge < -0.3 is 15.6 Å². The fourth-order valence-corrected chi connectivity index (χ4v) is 0. The molecule has 0 unspecified atom stereocenters. The number of carboxylic acid groups (broad SMARTS) is 1. The van der Waals surface area contributed by atoms with Crippen molar-refractivity contribution in [2.45, 2.75) is 13.8 Å². The van der Waals surface area contributed by atoms with Crippen molar-refractivity contribution in [1.82, 2.24) is 0 Å². The Bertz CT molecular complexity index is 84.7. The number of hydrogen-bond donors (Lipinski definition) is 2. The van der Waals surface area contributed by atoms with Gasteiger partial charge in [0.15, 0.2) is 0 Å². The van der Waals surface area contributed by atoms with Crippen LogP contribution in [0.15, 0.2) is 0 Å². The van der Waals surface area contributed by atoms with Crippen LogP contribution in [0.3, 0.4) is 0 Å². The van der Waals surface area contributed by atoms with Gasteiger partial charge in [-0.2, -0.15) is 0 Å². The lowest BCUT2D eigenvalue weighted by Crippen LogP contribution is -2.10. The van der Waals surface area contributed by atoms with E-state index in [0.717, 1.165) is 0 Å². The van der Waals surface area contributed by atoms with Crippen molar-refractivity contribution in [2.24, 2.45) is 5.73 Å². The molecule has 0 aromatic heterocycles. The molecule has 0 aromatic carbocycles. The lowest BCUT2D eigenvalue weighted by atomic mass is 10.7. The predicted molar refractivity (Wildman–Crippen MR) is 41.1 cm³/mol. The van der Waals surface area contributed by atoms with Crippen LogP contribution in [0.4, 0.5) is 0 Å². The number of hydrogen-bond acceptors (Lipinski definition) is 4. The summed E-state index contributed by atoms with van der Waals surface area (Å²) >= 11 is 0. The number of carboxylic acids is 1. The SMILES string of the molecule is CC.COC=O.NCC(=O)O. The zero-order chi connectivity index (χ0) is 9.70. The van der Waals surface area contributed by atoms with E-state index in [-0.39, 0.29) is 6.54 Å². The van der Waals surface area contributed by atoms with Gasteiger partial charge in [-0.1, -0.05) is 13.8 Å². The average Bonchev–Trinajstić information content (AvgIpc) is 2.08. The van der Waals surface area contributed by atoms with Crippen molar-refractivity contribution in [1.29, 1.82) is 0 Å². The van der Waals surface area contributed by atoms with Crippen molar-refractivity contribution in [2.75, 3.05) is 13.7 Å². The van der Waals surface area contributed by atoms with E-state index in [0.29, 0.717) is 6.47 Å². The van der Waals surface area contributed by atoms with Gasteiger partial charge in [0.1, 0.15) is 0 Å². The van der Waals surface area contributed by atoms with E-state index >= 15 is 0 Å². The molecule has 5 heteroatoms. The third-order valence-electron chi connectivity index (χ3n) is 0.271. The highest BCUT2D eigenvalue weighted by Crippen LogP contribution is 1.43. The molecule has 0 amide bonds. The molecule has 3 N–H and O–H groups in total. The van der Waals surface area contributed by atoms with Crippen LogP contribution >= 0.6 is 0 Å². The molecule has 0 rings (SSSR count). The van der Waals surface area contributed by atoms with Crippen LogP contribution in [0.25, 0.3) is 0 Å². The van der Waals surface area contributed by atoms with Crippen molar-refractivity contribution in [3.63, 3.8) is 0 Å². The van der Waals surface area contributed by atoms with Gasteiger partial charge in [0, 0.05) is 0 Å². The molecule has 0 saturated heterocycles. The maximum Gasteiger partial charge on any atom is 0.317 e. The summed E-state index contributed by atoms with van der Waals surface area (Å²) in [5.41, 5.74) is 4.57. The Kier molecular flexibility index (Phi) is 34.6. The van der Waals surface area contributed by atoms with Gasteiger partial charge in [0.05, 0.1) is 13.7 Å². The van der Waals surface area contributed by atoms with Crippen molar-refractivity contribution in [3.05, 3.63) is 0 Å². The topological polar surface area (TPSA) is 89.6 Å². The molecule has 0 heterocycles. The maximum absolute atomic E-state index is 9.24. The minimum absolute atomic E-state index is 0.278. The largest absolute Gasteiger partial charge is 0.480 e. The highest BCUT2D eigenvalue weighted by atomic mass is 16.5. The predicted octanol–water partition coefficient (Wildman–Crippen LogP) is -0.155. The summed E-state index contributed by atoms with van der Waals surface area (Å²) in [5, 5.41) is 7.60. The Morgan fingerprint density at radius 3 is 1.82 bits per heavy atom. The summed E-state index contributed by atoms with van der Waals surface area (Å²) in [5.74, 6) is -0.968. The van der Waals surface area contributed by atoms with Gasteiger partial charge in [-0.05, 0) is 0 Å². The minimum Gasteiger partial charge on any atom is -0.480 e. The van der Waals surface area contributed by atoms with Crippen molar-refractivity contribution < 1.29 is 19.4 Å². The van der Waals surface area contributed by atoms with Crippen molar-refractivity contribution >= 4 is 12.4 Å². The fourth-order valence-electron chi connectivity index (χ4n) is 0. The van der Waals surface area contributed by atoms with Gasteiger partial charge in [-0.15, -0.1) is 0 Å². The van der Waals surface area contributed by atoms with Crippen LogP contribution < -0.4 is 5.73 Å². The quantitative estimate of drug-likeness (QED) is 0.555. The van der Waals surface area contributed by atoms with Crippen LogP contribution in [0.2, 0.25) is 0 Å². The number of nitrogens with two attached hydrogens (primary N) is 1. The van der Waals surface area contributed by atoms with Crippen LogP contribution in [-0.4, -0.2) is 31.2 Å². The normalized spacial score (nSPS) is 5.82. The molecule has 0 atom stereocenters. The first-order valence-corrected chi connectivity index (χ1v) is 3.07. The van der Waals surface area contributed by atoms with E-state index in [4.69, 9.17) is 9.90 Å². The minimum atomic E-state index is -0.968. The Morgan fingerprint density at radius 2 is 1.82 bits per heavy atom. The molecular weight excluding hydrogens is 150 g/mol. The van der Waals surface area contributed by atoms with Gasteiger partial charge in [-0.3, -0.25) is 9.59 Å². The molecule has 0 spiro atoms. The molecule has 0 aromatic rings. The second-order valence-electron chi connectivity index (χ2n) is 0.930. The van der Waals surface area contributed by atoms with Crippen LogP contribution in [0.5, 0.6) is 0 Å². The van der Waals surface area contributed by atoms with Crippen LogP contribution in [-0.2, 0) is 14.3 Å². The maximum atomic E-state index is 9.24. The summed E-state index contributed by atoms with van der Waals surface area (Å²) in [7, 11) is 1.31. The summed E-state index contributed by atoms with van der Waals surface area (Å²) < 4.78 is 3.86. The standard InChI is InChI=1S/C2H5NO2.C2H4O2.C2H6/c3-1-2(4)5;1-4-2-3;1-2/h1,3H2,(H,4,5);2H,1H3;1-2H3. The molecule has 0 fully saturated rings. The highest BCUT2D eigenvalue weighted by molar-refractivity contribution is 5.68. The van der Waals surface area contributed by atoms with Gasteiger partial charge in [-0.25, -0.2) is 0 Å². The second kappa shape index (κ2) is 23.1. The number of carbonyl (C=O) groups is 2. The third-order valence-corrected chi connectivity index (χ3v) is 0.271. The molecule has 11 heavy (non-hydrogen) atoms. The molecule has 0 aliphatic carbocycles. The number of aliphatic carboxylic acids is 1. The highest BCUT2D eigenvalue weighted by Gasteiger charge is 1.81. The second-order valence-corrected chi connectivity index (χ2v) is 0.930. The Labute approximate surface area is 66.1 Å². The van der Waals surface area contributed by atoms with E-state index in [1.807, 2.05) is 13.8 Å². The van der Waals surface area contributed by atoms with Crippen molar-refractivity contribution in [3.8, 4) is 0 Å². The van der Waals surface area contributed by atoms with Crippen LogP contribution in [0, 0.1) is 0 Å². The van der Waals surface area contributed by atoms with E-state index in [2.05, 4.69) is 10.5 Å². The van der Waals surface area contributed by atoms with Crippen LogP contribution in [0.1, 0.15) is 13.8 Å². The van der Waals surface area contributed by atoms with E-state index in [1.165, 1.54) is 7.11 Å². The summed E-state index contributed by atoms with van der Waals surface area (Å²) in [6.45, 7) is 4.10. The molecule has 0 aliphatic rings. The number of methoxy groups -OCH3 is 1. The van der Waals surface area contributed by atoms with Gasteiger partial charge >= 0.3 is 5.97 Å². The molecule has 5 nitrogen and oxygen atoms in total. The summed E-state index contributed by atoms with van der Waals surface area (Å²) in [6.07, 6.45) is 0. The number of rotatable bonds is 2. The Hall–Kier alpha value is -1.10. The van der Waals surface area contributed by atoms with Gasteiger partial charge in [0.25, 0.3) is 6.47 Å². The van der Waals surface area contributed by atoms with E-state index < -0.39 is 5.97 Å². The molecule has 0 radical (unpaired) electrons. The summed E-state index contributed by atoms with van der Waals surface area (Å²) in [6, 6.07) is 0. The lowest BCUT2D eigenvalue weighted by Gasteiger charge is -1.73. The van der Waals surface area contributed by atoms with E-state index in [9.17, 15) is 4.79 Å². The lowest BCUT2D eigenvalue weighted by molar-refractivity contribution is -0.135. The Morgan fingerprint density at radius 1 is 1.64 bits per heavy atom. The first kappa shape index (κ1) is 16.5. The number of ether oxygens (including phenoxy) is 1. The fraction of sp³-hybridized carbons (Fsp3) is 0.667. The summed E-state index contributed by atoms with van der Waals surface area (Å²) in [4.78, 5) is 18.2. The average molecular weight is 165 g/mol. The molecule has 0 aliphatic heterocycles. The molecule has 0 saturated carbocycles. The third kappa shape index (κ3) is 117. The first-order chi connectivity index (χ1) is 5.18. The zero-order valence-corrected chi connectivity index (χ0v) is 7.03. The first-order valence-electron chi connectivity index (χ1n) is 3.07. The monoisotopic (exact) mass is 165 g/mol. The molecule has 0 bridgehead atoms. The zero-order valence-electron chi connectivity index (χ0n) is 7.03. The smallest absolute Gasteiger partial charge is 0.317 e. The van der Waals surface area contributed by atoms with Gasteiger partial charge in [0.2, 0.25) is 0 Å². The molecule has 68 valence electrons. The number of carbonyl (C=O) groups excluding carboxylic acids is 1. The Balaban J connectivity index is -0.0000000965. The van der Waals surface area contributed by atoms with E-state index in [1.54, 1.807) is 0 Å².